The van der Waals surface area contributed by atoms with Gasteiger partial charge in [-0.15, -0.1) is 0 Å². The van der Waals surface area contributed by atoms with Crippen molar-refractivity contribution < 1.29 is 23.6 Å². The summed E-state index contributed by atoms with van der Waals surface area (Å²) < 4.78 is 18.4. The summed E-state index contributed by atoms with van der Waals surface area (Å²) in [6, 6.07) is 3.57. The fourth-order valence-corrected chi connectivity index (χ4v) is 2.41. The molecule has 8 heteroatoms. The molecule has 0 aliphatic heterocycles. The van der Waals surface area contributed by atoms with E-state index in [9.17, 15) is 19.1 Å². The Morgan fingerprint density at radius 3 is 2.73 bits per heavy atom. The Morgan fingerprint density at radius 1 is 1.38 bits per heavy atom. The Kier molecular flexibility index (Phi) is 6.43. The van der Waals surface area contributed by atoms with Crippen LogP contribution >= 0.6 is 0 Å². The van der Waals surface area contributed by atoms with E-state index in [0.29, 0.717) is 23.4 Å². The summed E-state index contributed by atoms with van der Waals surface area (Å²) in [5.41, 5.74) is 1.09. The third kappa shape index (κ3) is 4.87. The summed E-state index contributed by atoms with van der Waals surface area (Å²) in [6.07, 6.45) is 0.859. The zero-order valence-corrected chi connectivity index (χ0v) is 15.0. The first-order chi connectivity index (χ1) is 12.3. The first kappa shape index (κ1) is 19.6. The first-order valence-electron chi connectivity index (χ1n) is 8.43. The topological polar surface area (TPSA) is 105 Å². The Balaban J connectivity index is 1.95. The van der Waals surface area contributed by atoms with Crippen LogP contribution in [0.3, 0.4) is 0 Å². The molecule has 2 rings (SSSR count). The number of amides is 1. The molecule has 2 aromatic rings. The van der Waals surface area contributed by atoms with Gasteiger partial charge in [-0.2, -0.15) is 4.98 Å². The van der Waals surface area contributed by atoms with Gasteiger partial charge in [0, 0.05) is 18.4 Å². The van der Waals surface area contributed by atoms with Crippen LogP contribution in [0, 0.1) is 18.7 Å². The van der Waals surface area contributed by atoms with E-state index >= 15 is 0 Å². The maximum atomic E-state index is 13.3. The van der Waals surface area contributed by atoms with Gasteiger partial charge in [-0.25, -0.2) is 9.18 Å². The lowest BCUT2D eigenvalue weighted by Gasteiger charge is -2.19. The number of carboxylic acids is 1. The summed E-state index contributed by atoms with van der Waals surface area (Å²) in [6.45, 7) is 5.28. The number of carboxylic acid groups (broad SMARTS) is 1. The molecule has 1 aromatic carbocycles. The average Bonchev–Trinajstić information content (AvgIpc) is 3.08. The van der Waals surface area contributed by atoms with Crippen LogP contribution in [0.4, 0.5) is 4.39 Å². The van der Waals surface area contributed by atoms with Crippen molar-refractivity contribution >= 4 is 11.9 Å². The number of benzene rings is 1. The Labute approximate surface area is 150 Å². The maximum Gasteiger partial charge on any atom is 0.326 e. The lowest BCUT2D eigenvalue weighted by atomic mass is 9.99. The SMILES string of the molecule is CCC(C)C(NC(=O)CCc1nc(-c2ccc(F)c(C)c2)no1)C(=O)O. The number of nitrogens with one attached hydrogen (secondary N) is 1. The molecule has 0 aliphatic carbocycles. The minimum atomic E-state index is -1.06. The Bertz CT molecular complexity index is 790. The van der Waals surface area contributed by atoms with Crippen molar-refractivity contribution in [1.82, 2.24) is 15.5 Å². The highest BCUT2D eigenvalue weighted by Gasteiger charge is 2.25. The third-order valence-corrected chi connectivity index (χ3v) is 4.25. The Hall–Kier alpha value is -2.77. The van der Waals surface area contributed by atoms with E-state index in [2.05, 4.69) is 15.5 Å². The van der Waals surface area contributed by atoms with Crippen molar-refractivity contribution in [2.75, 3.05) is 0 Å². The molecule has 0 spiro atoms. The number of aromatic nitrogens is 2. The number of carbonyl (C=O) groups excluding carboxylic acids is 1. The summed E-state index contributed by atoms with van der Waals surface area (Å²) in [5, 5.41) is 15.5. The summed E-state index contributed by atoms with van der Waals surface area (Å²) in [5.74, 6) is -1.37. The minimum absolute atomic E-state index is 0.0320. The number of hydrogen-bond acceptors (Lipinski definition) is 5. The van der Waals surface area contributed by atoms with Crippen LogP contribution in [0.1, 0.15) is 38.1 Å². The molecule has 7 nitrogen and oxygen atoms in total. The molecular formula is C18H22FN3O4. The highest BCUT2D eigenvalue weighted by molar-refractivity contribution is 5.83. The van der Waals surface area contributed by atoms with E-state index in [1.54, 1.807) is 26.0 Å². The van der Waals surface area contributed by atoms with Crippen LogP contribution in [-0.2, 0) is 16.0 Å². The van der Waals surface area contributed by atoms with Crippen LogP contribution in [0.2, 0.25) is 0 Å². The molecule has 2 N–H and O–H groups in total. The number of halogens is 1. The van der Waals surface area contributed by atoms with Crippen LogP contribution in [-0.4, -0.2) is 33.2 Å². The highest BCUT2D eigenvalue weighted by Crippen LogP contribution is 2.19. The van der Waals surface area contributed by atoms with E-state index in [1.165, 1.54) is 6.07 Å². The predicted molar refractivity (Wildman–Crippen MR) is 91.8 cm³/mol. The number of aliphatic carboxylic acids is 1. The van der Waals surface area contributed by atoms with Crippen LogP contribution in [0.25, 0.3) is 11.4 Å². The maximum absolute atomic E-state index is 13.3. The molecule has 1 heterocycles. The lowest BCUT2D eigenvalue weighted by molar-refractivity contribution is -0.143. The van der Waals surface area contributed by atoms with Crippen molar-refractivity contribution in [1.29, 1.82) is 0 Å². The van der Waals surface area contributed by atoms with Crippen LogP contribution in [0.5, 0.6) is 0 Å². The lowest BCUT2D eigenvalue weighted by Crippen LogP contribution is -2.45. The molecule has 0 radical (unpaired) electrons. The van der Waals surface area contributed by atoms with E-state index < -0.39 is 17.9 Å². The quantitative estimate of drug-likeness (QED) is 0.747. The number of nitrogens with zero attached hydrogens (tertiary/aromatic N) is 2. The molecule has 1 amide bonds. The van der Waals surface area contributed by atoms with Gasteiger partial charge in [0.1, 0.15) is 11.9 Å². The molecule has 26 heavy (non-hydrogen) atoms. The van der Waals surface area contributed by atoms with Gasteiger partial charge in [0.25, 0.3) is 0 Å². The standard InChI is InChI=1S/C18H22FN3O4/c1-4-10(2)16(18(24)25)20-14(23)7-8-15-21-17(22-26-15)12-5-6-13(19)11(3)9-12/h5-6,9-10,16H,4,7-8H2,1-3H3,(H,20,23)(H,24,25). The van der Waals surface area contributed by atoms with Crippen molar-refractivity contribution in [3.05, 3.63) is 35.5 Å². The van der Waals surface area contributed by atoms with E-state index in [1.807, 2.05) is 6.92 Å². The zero-order chi connectivity index (χ0) is 19.3. The molecule has 2 unspecified atom stereocenters. The molecule has 0 bridgehead atoms. The molecule has 2 atom stereocenters. The van der Waals surface area contributed by atoms with Gasteiger partial charge < -0.3 is 14.9 Å². The molecule has 140 valence electrons. The molecule has 0 aliphatic rings. The molecule has 0 saturated heterocycles. The number of aryl methyl sites for hydroxylation is 2. The average molecular weight is 363 g/mol. The predicted octanol–water partition coefficient (Wildman–Crippen LogP) is 2.73. The largest absolute Gasteiger partial charge is 0.480 e. The minimum Gasteiger partial charge on any atom is -0.480 e. The Morgan fingerprint density at radius 2 is 2.12 bits per heavy atom. The fourth-order valence-electron chi connectivity index (χ4n) is 2.41. The van der Waals surface area contributed by atoms with Gasteiger partial charge in [-0.3, -0.25) is 4.79 Å². The van der Waals surface area contributed by atoms with Gasteiger partial charge in [0.15, 0.2) is 0 Å². The van der Waals surface area contributed by atoms with Crippen molar-refractivity contribution in [3.63, 3.8) is 0 Å². The molecule has 0 fully saturated rings. The van der Waals surface area contributed by atoms with E-state index in [-0.39, 0.29) is 30.5 Å². The van der Waals surface area contributed by atoms with Crippen LogP contribution < -0.4 is 5.32 Å². The second-order valence-corrected chi connectivity index (χ2v) is 6.24. The number of rotatable bonds is 8. The monoisotopic (exact) mass is 363 g/mol. The first-order valence-corrected chi connectivity index (χ1v) is 8.43. The van der Waals surface area contributed by atoms with E-state index in [0.717, 1.165) is 0 Å². The molecule has 1 aromatic heterocycles. The van der Waals surface area contributed by atoms with Gasteiger partial charge in [0.2, 0.25) is 17.6 Å². The number of hydrogen-bond donors (Lipinski definition) is 2. The van der Waals surface area contributed by atoms with E-state index in [4.69, 9.17) is 4.52 Å². The highest BCUT2D eigenvalue weighted by atomic mass is 19.1. The van der Waals surface area contributed by atoms with Crippen molar-refractivity contribution in [3.8, 4) is 11.4 Å². The second kappa shape index (κ2) is 8.55. The van der Waals surface area contributed by atoms with Gasteiger partial charge >= 0.3 is 5.97 Å². The van der Waals surface area contributed by atoms with Gasteiger partial charge in [-0.05, 0) is 36.6 Å². The summed E-state index contributed by atoms with van der Waals surface area (Å²) in [7, 11) is 0. The van der Waals surface area contributed by atoms with Crippen molar-refractivity contribution in [2.45, 2.75) is 46.1 Å². The zero-order valence-electron chi connectivity index (χ0n) is 15.0. The molecular weight excluding hydrogens is 341 g/mol. The number of carbonyl (C=O) groups is 2. The third-order valence-electron chi connectivity index (χ3n) is 4.25. The van der Waals surface area contributed by atoms with Crippen LogP contribution in [0.15, 0.2) is 22.7 Å². The van der Waals surface area contributed by atoms with Crippen molar-refractivity contribution in [2.24, 2.45) is 5.92 Å². The second-order valence-electron chi connectivity index (χ2n) is 6.24. The van der Waals surface area contributed by atoms with Gasteiger partial charge in [0.05, 0.1) is 0 Å². The van der Waals surface area contributed by atoms with Gasteiger partial charge in [-0.1, -0.05) is 25.4 Å². The normalized spacial score (nSPS) is 13.2. The summed E-state index contributed by atoms with van der Waals surface area (Å²) >= 11 is 0. The molecule has 0 saturated carbocycles. The smallest absolute Gasteiger partial charge is 0.326 e. The summed E-state index contributed by atoms with van der Waals surface area (Å²) in [4.78, 5) is 27.4. The fraction of sp³-hybridized carbons (Fsp3) is 0.444.